The quantitative estimate of drug-likeness (QED) is 0.351. The molecule has 158 valence electrons. The number of benzene rings is 2. The molecule has 3 aromatic rings. The highest BCUT2D eigenvalue weighted by Gasteiger charge is 2.31. The Morgan fingerprint density at radius 2 is 1.77 bits per heavy atom. The first kappa shape index (κ1) is 21.5. The predicted octanol–water partition coefficient (Wildman–Crippen LogP) is 6.08. The second-order valence-corrected chi connectivity index (χ2v) is 9.50. The van der Waals surface area contributed by atoms with Gasteiger partial charge in [-0.05, 0) is 56.5 Å². The molecule has 1 aliphatic rings. The van der Waals surface area contributed by atoms with Crippen molar-refractivity contribution >= 4 is 40.3 Å². The van der Waals surface area contributed by atoms with E-state index in [1.165, 1.54) is 28.5 Å². The van der Waals surface area contributed by atoms with Gasteiger partial charge in [0.1, 0.15) is 10.0 Å². The first-order chi connectivity index (χ1) is 14.9. The van der Waals surface area contributed by atoms with Crippen LogP contribution in [0.15, 0.2) is 53.6 Å². The Bertz CT molecular complexity index is 1170. The second kappa shape index (κ2) is 8.81. The van der Waals surface area contributed by atoms with Gasteiger partial charge in [0.05, 0.1) is 10.6 Å². The van der Waals surface area contributed by atoms with E-state index in [0.717, 1.165) is 28.9 Å². The summed E-state index contributed by atoms with van der Waals surface area (Å²) in [5.74, 6) is -0.0207. The van der Waals surface area contributed by atoms with E-state index < -0.39 is 0 Å². The summed E-state index contributed by atoms with van der Waals surface area (Å²) in [6.07, 6.45) is 4.81. The number of thiocarbonyl (C=S) groups is 1. The SMILES string of the molecule is CCCN1C(=O)C(=Cc2cn(-c3ccccc3)nc2-c2c(C)cc(C)cc2C)SC1=S. The molecular formula is C25H25N3OS2. The van der Waals surface area contributed by atoms with Gasteiger partial charge in [-0.3, -0.25) is 9.69 Å². The van der Waals surface area contributed by atoms with Gasteiger partial charge in [-0.15, -0.1) is 0 Å². The van der Waals surface area contributed by atoms with E-state index in [4.69, 9.17) is 17.3 Å². The van der Waals surface area contributed by atoms with Crippen molar-refractivity contribution in [1.29, 1.82) is 0 Å². The smallest absolute Gasteiger partial charge is 0.266 e. The van der Waals surface area contributed by atoms with Gasteiger partial charge in [-0.1, -0.05) is 66.8 Å². The number of para-hydroxylation sites is 1. The fourth-order valence-electron chi connectivity index (χ4n) is 4.01. The van der Waals surface area contributed by atoms with E-state index in [1.807, 2.05) is 54.2 Å². The summed E-state index contributed by atoms with van der Waals surface area (Å²) in [5.41, 5.74) is 7.44. The lowest BCUT2D eigenvalue weighted by Gasteiger charge is -2.12. The standard InChI is InChI=1S/C25H25N3OS2/c1-5-11-27-24(29)21(31-25(27)30)14-19-15-28(20-9-7-6-8-10-20)26-23(19)22-17(3)12-16(2)13-18(22)4/h6-10,12-15H,5,11H2,1-4H3. The third-order valence-corrected chi connectivity index (χ3v) is 6.66. The number of hydrogen-bond acceptors (Lipinski definition) is 4. The maximum atomic E-state index is 12.9. The van der Waals surface area contributed by atoms with Gasteiger partial charge in [0.25, 0.3) is 5.91 Å². The summed E-state index contributed by atoms with van der Waals surface area (Å²) < 4.78 is 2.50. The zero-order chi connectivity index (χ0) is 22.1. The van der Waals surface area contributed by atoms with Gasteiger partial charge in [0, 0.05) is 23.9 Å². The summed E-state index contributed by atoms with van der Waals surface area (Å²) in [5, 5.41) is 4.95. The van der Waals surface area contributed by atoms with Gasteiger partial charge in [0.2, 0.25) is 0 Å². The van der Waals surface area contributed by atoms with Crippen LogP contribution in [0.2, 0.25) is 0 Å². The molecule has 6 heteroatoms. The summed E-state index contributed by atoms with van der Waals surface area (Å²) >= 11 is 6.81. The highest BCUT2D eigenvalue weighted by molar-refractivity contribution is 8.26. The van der Waals surface area contributed by atoms with E-state index in [9.17, 15) is 4.79 Å². The molecule has 1 aliphatic heterocycles. The van der Waals surface area contributed by atoms with Crippen molar-refractivity contribution in [3.05, 3.63) is 75.8 Å². The van der Waals surface area contributed by atoms with Crippen molar-refractivity contribution in [2.75, 3.05) is 6.54 Å². The van der Waals surface area contributed by atoms with Gasteiger partial charge >= 0.3 is 0 Å². The molecule has 2 heterocycles. The van der Waals surface area contributed by atoms with E-state index in [1.54, 1.807) is 4.90 Å². The number of aryl methyl sites for hydroxylation is 3. The van der Waals surface area contributed by atoms with E-state index in [0.29, 0.717) is 15.8 Å². The lowest BCUT2D eigenvalue weighted by atomic mass is 9.95. The van der Waals surface area contributed by atoms with Crippen LogP contribution in [0.5, 0.6) is 0 Å². The summed E-state index contributed by atoms with van der Waals surface area (Å²) in [7, 11) is 0. The molecule has 1 saturated heterocycles. The lowest BCUT2D eigenvalue weighted by Crippen LogP contribution is -2.28. The number of aromatic nitrogens is 2. The van der Waals surface area contributed by atoms with Crippen LogP contribution in [0.25, 0.3) is 23.0 Å². The number of thioether (sulfide) groups is 1. The monoisotopic (exact) mass is 447 g/mol. The number of nitrogens with zero attached hydrogens (tertiary/aromatic N) is 3. The summed E-state index contributed by atoms with van der Waals surface area (Å²) in [6, 6.07) is 14.4. The molecule has 0 N–H and O–H groups in total. The van der Waals surface area contributed by atoms with Gasteiger partial charge in [-0.25, -0.2) is 4.68 Å². The molecule has 1 aromatic heterocycles. The molecular weight excluding hydrogens is 422 g/mol. The molecule has 2 aromatic carbocycles. The maximum Gasteiger partial charge on any atom is 0.266 e. The Balaban J connectivity index is 1.87. The van der Waals surface area contributed by atoms with Gasteiger partial charge in [0.15, 0.2) is 0 Å². The Morgan fingerprint density at radius 3 is 2.42 bits per heavy atom. The van der Waals surface area contributed by atoms with Crippen LogP contribution in [0, 0.1) is 20.8 Å². The minimum Gasteiger partial charge on any atom is -0.293 e. The van der Waals surface area contributed by atoms with Crippen LogP contribution in [-0.4, -0.2) is 31.5 Å². The zero-order valence-electron chi connectivity index (χ0n) is 18.2. The first-order valence-electron chi connectivity index (χ1n) is 10.4. The fraction of sp³-hybridized carbons (Fsp3) is 0.240. The van der Waals surface area contributed by atoms with Crippen LogP contribution in [-0.2, 0) is 4.79 Å². The van der Waals surface area contributed by atoms with Crippen molar-refractivity contribution < 1.29 is 4.79 Å². The van der Waals surface area contributed by atoms with Crippen molar-refractivity contribution in [2.45, 2.75) is 34.1 Å². The molecule has 0 bridgehead atoms. The zero-order valence-corrected chi connectivity index (χ0v) is 19.8. The van der Waals surface area contributed by atoms with Crippen LogP contribution < -0.4 is 0 Å². The molecule has 4 nitrogen and oxygen atoms in total. The normalized spacial score (nSPS) is 15.4. The van der Waals surface area contributed by atoms with E-state index in [-0.39, 0.29) is 5.91 Å². The Morgan fingerprint density at radius 1 is 1.10 bits per heavy atom. The maximum absolute atomic E-state index is 12.9. The third-order valence-electron chi connectivity index (χ3n) is 5.28. The number of amides is 1. The van der Waals surface area contributed by atoms with Crippen LogP contribution >= 0.6 is 24.0 Å². The number of carbonyl (C=O) groups excluding carboxylic acids is 1. The van der Waals surface area contributed by atoms with Gasteiger partial charge in [-0.2, -0.15) is 5.10 Å². The van der Waals surface area contributed by atoms with Crippen molar-refractivity contribution in [1.82, 2.24) is 14.7 Å². The molecule has 0 aliphatic carbocycles. The number of rotatable bonds is 5. The molecule has 4 rings (SSSR count). The molecule has 0 atom stereocenters. The minimum absolute atomic E-state index is 0.0207. The average molecular weight is 448 g/mol. The highest BCUT2D eigenvalue weighted by Crippen LogP contribution is 2.36. The fourth-order valence-corrected chi connectivity index (χ4v) is 5.31. The van der Waals surface area contributed by atoms with E-state index >= 15 is 0 Å². The summed E-state index contributed by atoms with van der Waals surface area (Å²) in [6.45, 7) is 9.02. The topological polar surface area (TPSA) is 38.1 Å². The van der Waals surface area contributed by atoms with Crippen molar-refractivity contribution in [2.24, 2.45) is 0 Å². The molecule has 1 amide bonds. The van der Waals surface area contributed by atoms with E-state index in [2.05, 4.69) is 32.9 Å². The molecule has 31 heavy (non-hydrogen) atoms. The first-order valence-corrected chi connectivity index (χ1v) is 11.6. The minimum atomic E-state index is -0.0207. The highest BCUT2D eigenvalue weighted by atomic mass is 32.2. The number of carbonyl (C=O) groups is 1. The largest absolute Gasteiger partial charge is 0.293 e. The third kappa shape index (κ3) is 4.23. The number of hydrogen-bond donors (Lipinski definition) is 0. The Kier molecular flexibility index (Phi) is 6.12. The molecule has 0 saturated carbocycles. The van der Waals surface area contributed by atoms with Crippen molar-refractivity contribution in [3.8, 4) is 16.9 Å². The lowest BCUT2D eigenvalue weighted by molar-refractivity contribution is -0.122. The molecule has 0 radical (unpaired) electrons. The van der Waals surface area contributed by atoms with Crippen LogP contribution in [0.4, 0.5) is 0 Å². The van der Waals surface area contributed by atoms with Crippen LogP contribution in [0.3, 0.4) is 0 Å². The average Bonchev–Trinajstić information content (AvgIpc) is 3.25. The van der Waals surface area contributed by atoms with Crippen molar-refractivity contribution in [3.63, 3.8) is 0 Å². The second-order valence-electron chi connectivity index (χ2n) is 7.82. The molecule has 1 fully saturated rings. The molecule has 0 unspecified atom stereocenters. The summed E-state index contributed by atoms with van der Waals surface area (Å²) in [4.78, 5) is 15.3. The molecule has 0 spiro atoms. The Labute approximate surface area is 193 Å². The predicted molar refractivity (Wildman–Crippen MR) is 133 cm³/mol. The van der Waals surface area contributed by atoms with Gasteiger partial charge < -0.3 is 0 Å². The Hall–Kier alpha value is -2.70. The van der Waals surface area contributed by atoms with Crippen LogP contribution in [0.1, 0.15) is 35.6 Å².